The number of quaternary nitrogens is 1. The molecule has 0 aliphatic rings. The summed E-state index contributed by atoms with van der Waals surface area (Å²) >= 11 is 0. The first-order chi connectivity index (χ1) is 11.2. The van der Waals surface area contributed by atoms with Gasteiger partial charge in [-0.2, -0.15) is 0 Å². The largest absolute Gasteiger partial charge is 0.326 e. The number of hydrogen-bond acceptors (Lipinski definition) is 0. The zero-order valence-corrected chi connectivity index (χ0v) is 15.0. The van der Waals surface area contributed by atoms with Crippen LogP contribution in [0.2, 0.25) is 0 Å². The number of nitrogens with zero attached hydrogens (tertiary/aromatic N) is 1. The Morgan fingerprint density at radius 1 is 0.696 bits per heavy atom. The van der Waals surface area contributed by atoms with Gasteiger partial charge in [0.1, 0.15) is 0 Å². The first kappa shape index (κ1) is 17.7. The normalized spacial score (nSPS) is 11.8. The van der Waals surface area contributed by atoms with Gasteiger partial charge < -0.3 is 4.48 Å². The third kappa shape index (κ3) is 5.21. The second-order valence-corrected chi connectivity index (χ2v) is 6.95. The van der Waals surface area contributed by atoms with Crippen molar-refractivity contribution in [3.63, 3.8) is 0 Å². The van der Waals surface area contributed by atoms with Crippen molar-refractivity contribution in [2.45, 2.75) is 39.0 Å². The van der Waals surface area contributed by atoms with Gasteiger partial charge in [0.2, 0.25) is 0 Å². The Morgan fingerprint density at radius 3 is 1.52 bits per heavy atom. The van der Waals surface area contributed by atoms with Gasteiger partial charge in [-0.15, -0.1) is 0 Å². The van der Waals surface area contributed by atoms with Crippen LogP contribution in [0, 0.1) is 0 Å². The molecule has 0 aromatic heterocycles. The van der Waals surface area contributed by atoms with Gasteiger partial charge in [-0.25, -0.2) is 0 Å². The van der Waals surface area contributed by atoms with Crippen molar-refractivity contribution in [1.29, 1.82) is 0 Å². The SMILES string of the molecule is CCC[N+](C)(CCC)CCC(c1ccccc1)c1ccccc1. The molecule has 2 aromatic carbocycles. The molecule has 0 spiro atoms. The standard InChI is InChI=1S/C22H32N/c1-4-17-23(3,18-5-2)19-16-22(20-12-8-6-9-13-20)21-14-10-7-11-15-21/h6-15,22H,4-5,16-19H2,1-3H3/q+1. The second kappa shape index (κ2) is 8.88. The van der Waals surface area contributed by atoms with E-state index in [0.717, 1.165) is 0 Å². The second-order valence-electron chi connectivity index (χ2n) is 6.95. The minimum atomic E-state index is 0.503. The average molecular weight is 311 g/mol. The molecule has 0 radical (unpaired) electrons. The lowest BCUT2D eigenvalue weighted by molar-refractivity contribution is -0.910. The van der Waals surface area contributed by atoms with Crippen molar-refractivity contribution >= 4 is 0 Å². The molecule has 0 N–H and O–H groups in total. The molecule has 0 unspecified atom stereocenters. The lowest BCUT2D eigenvalue weighted by atomic mass is 9.88. The van der Waals surface area contributed by atoms with Crippen LogP contribution in [0.3, 0.4) is 0 Å². The summed E-state index contributed by atoms with van der Waals surface area (Å²) in [5.41, 5.74) is 2.89. The summed E-state index contributed by atoms with van der Waals surface area (Å²) in [5, 5.41) is 0. The fraction of sp³-hybridized carbons (Fsp3) is 0.455. The topological polar surface area (TPSA) is 0 Å². The Morgan fingerprint density at radius 2 is 1.13 bits per heavy atom. The first-order valence-electron chi connectivity index (χ1n) is 9.12. The molecule has 0 amide bonds. The van der Waals surface area contributed by atoms with Crippen molar-refractivity contribution < 1.29 is 4.48 Å². The van der Waals surface area contributed by atoms with Crippen LogP contribution in [-0.4, -0.2) is 31.2 Å². The molecule has 124 valence electrons. The molecular weight excluding hydrogens is 278 g/mol. The van der Waals surface area contributed by atoms with Crippen LogP contribution in [0.5, 0.6) is 0 Å². The Bertz CT molecular complexity index is 501. The van der Waals surface area contributed by atoms with Crippen LogP contribution in [0.4, 0.5) is 0 Å². The van der Waals surface area contributed by atoms with Gasteiger partial charge in [0.05, 0.1) is 26.7 Å². The van der Waals surface area contributed by atoms with Gasteiger partial charge >= 0.3 is 0 Å². The van der Waals surface area contributed by atoms with Crippen LogP contribution < -0.4 is 0 Å². The molecule has 0 fully saturated rings. The molecular formula is C22H32N+. The minimum absolute atomic E-state index is 0.503. The Hall–Kier alpha value is -1.60. The summed E-state index contributed by atoms with van der Waals surface area (Å²) in [6, 6.07) is 22.0. The summed E-state index contributed by atoms with van der Waals surface area (Å²) in [6.07, 6.45) is 3.74. The van der Waals surface area contributed by atoms with E-state index >= 15 is 0 Å². The highest BCUT2D eigenvalue weighted by atomic mass is 15.3. The summed E-state index contributed by atoms with van der Waals surface area (Å²) in [4.78, 5) is 0. The van der Waals surface area contributed by atoms with E-state index in [2.05, 4.69) is 81.6 Å². The molecule has 23 heavy (non-hydrogen) atoms. The van der Waals surface area contributed by atoms with Gasteiger partial charge in [-0.05, 0) is 24.0 Å². The van der Waals surface area contributed by atoms with Crippen LogP contribution in [0.1, 0.15) is 50.2 Å². The van der Waals surface area contributed by atoms with Crippen LogP contribution in [0.15, 0.2) is 60.7 Å². The van der Waals surface area contributed by atoms with Gasteiger partial charge in [0.25, 0.3) is 0 Å². The van der Waals surface area contributed by atoms with Crippen molar-refractivity contribution in [1.82, 2.24) is 0 Å². The van der Waals surface area contributed by atoms with E-state index in [1.54, 1.807) is 0 Å². The molecule has 0 aliphatic carbocycles. The van der Waals surface area contributed by atoms with E-state index in [9.17, 15) is 0 Å². The molecule has 0 aliphatic heterocycles. The predicted octanol–water partition coefficient (Wildman–Crippen LogP) is 5.48. The molecule has 1 nitrogen and oxygen atoms in total. The maximum Gasteiger partial charge on any atom is 0.0793 e. The van der Waals surface area contributed by atoms with E-state index in [0.29, 0.717) is 5.92 Å². The lowest BCUT2D eigenvalue weighted by Crippen LogP contribution is -2.46. The van der Waals surface area contributed by atoms with Crippen molar-refractivity contribution in [3.8, 4) is 0 Å². The molecule has 2 aromatic rings. The maximum absolute atomic E-state index is 2.43. The molecule has 0 atom stereocenters. The number of hydrogen-bond donors (Lipinski definition) is 0. The van der Waals surface area contributed by atoms with E-state index in [-0.39, 0.29) is 0 Å². The van der Waals surface area contributed by atoms with Crippen molar-refractivity contribution in [2.75, 3.05) is 26.7 Å². The molecule has 0 saturated heterocycles. The average Bonchev–Trinajstić information content (AvgIpc) is 2.57. The summed E-state index contributed by atoms with van der Waals surface area (Å²) < 4.78 is 1.20. The highest BCUT2D eigenvalue weighted by molar-refractivity contribution is 5.32. The monoisotopic (exact) mass is 310 g/mol. The van der Waals surface area contributed by atoms with Gasteiger partial charge in [0.15, 0.2) is 0 Å². The fourth-order valence-electron chi connectivity index (χ4n) is 3.75. The minimum Gasteiger partial charge on any atom is -0.326 e. The Balaban J connectivity index is 2.18. The van der Waals surface area contributed by atoms with Crippen LogP contribution in [0.25, 0.3) is 0 Å². The Labute approximate surface area is 142 Å². The summed E-state index contributed by atoms with van der Waals surface area (Å²) in [5.74, 6) is 0.503. The highest BCUT2D eigenvalue weighted by Crippen LogP contribution is 2.29. The molecule has 1 heteroatoms. The third-order valence-corrected chi connectivity index (χ3v) is 4.89. The van der Waals surface area contributed by atoms with Gasteiger partial charge in [0, 0.05) is 12.3 Å². The van der Waals surface area contributed by atoms with Gasteiger partial charge in [-0.3, -0.25) is 0 Å². The number of benzene rings is 2. The zero-order chi connectivity index (χ0) is 16.5. The predicted molar refractivity (Wildman–Crippen MR) is 101 cm³/mol. The van der Waals surface area contributed by atoms with Crippen LogP contribution in [-0.2, 0) is 0 Å². The molecule has 0 heterocycles. The van der Waals surface area contributed by atoms with E-state index in [4.69, 9.17) is 0 Å². The summed E-state index contributed by atoms with van der Waals surface area (Å²) in [7, 11) is 2.43. The first-order valence-corrected chi connectivity index (χ1v) is 9.12. The molecule has 2 rings (SSSR count). The number of rotatable bonds is 9. The van der Waals surface area contributed by atoms with E-state index < -0.39 is 0 Å². The molecule has 0 bridgehead atoms. The van der Waals surface area contributed by atoms with Crippen LogP contribution >= 0.6 is 0 Å². The smallest absolute Gasteiger partial charge is 0.0793 e. The van der Waals surface area contributed by atoms with Crippen molar-refractivity contribution in [3.05, 3.63) is 71.8 Å². The van der Waals surface area contributed by atoms with Crippen molar-refractivity contribution in [2.24, 2.45) is 0 Å². The quantitative estimate of drug-likeness (QED) is 0.538. The highest BCUT2D eigenvalue weighted by Gasteiger charge is 2.23. The van der Waals surface area contributed by atoms with E-state index in [1.807, 2.05) is 0 Å². The van der Waals surface area contributed by atoms with Gasteiger partial charge in [-0.1, -0.05) is 74.5 Å². The maximum atomic E-state index is 2.43. The zero-order valence-electron chi connectivity index (χ0n) is 15.0. The van der Waals surface area contributed by atoms with E-state index in [1.165, 1.54) is 54.5 Å². The summed E-state index contributed by atoms with van der Waals surface area (Å²) in [6.45, 7) is 8.42. The Kier molecular flexibility index (Phi) is 6.85. The lowest BCUT2D eigenvalue weighted by Gasteiger charge is -2.35. The fourth-order valence-corrected chi connectivity index (χ4v) is 3.75. The third-order valence-electron chi connectivity index (χ3n) is 4.89. The molecule has 0 saturated carbocycles.